The van der Waals surface area contributed by atoms with E-state index in [1.807, 2.05) is 6.07 Å². The molecule has 2 aliphatic carbocycles. The zero-order valence-electron chi connectivity index (χ0n) is 26.9. The van der Waals surface area contributed by atoms with E-state index in [4.69, 9.17) is 14.6 Å². The third-order valence-corrected chi connectivity index (χ3v) is 10.4. The van der Waals surface area contributed by atoms with E-state index in [0.717, 1.165) is 37.8 Å². The molecule has 0 aromatic heterocycles. The first-order valence-corrected chi connectivity index (χ1v) is 17.0. The summed E-state index contributed by atoms with van der Waals surface area (Å²) in [6.07, 6.45) is 23.1. The fraction of sp³-hybridized carbons (Fsp3) is 0.722. The van der Waals surface area contributed by atoms with E-state index >= 15 is 0 Å². The molecule has 1 aromatic carbocycles. The Morgan fingerprint density at radius 2 is 1.67 bits per heavy atom. The van der Waals surface area contributed by atoms with Gasteiger partial charge in [0.1, 0.15) is 0 Å². The van der Waals surface area contributed by atoms with Gasteiger partial charge in [0.05, 0.1) is 18.1 Å². The topological polar surface area (TPSA) is 96.3 Å². The summed E-state index contributed by atoms with van der Waals surface area (Å²) >= 11 is 0. The number of hydrogen-bond donors (Lipinski definition) is 2. The van der Waals surface area contributed by atoms with Crippen molar-refractivity contribution in [1.29, 1.82) is 0 Å². The quantitative estimate of drug-likeness (QED) is 0.154. The van der Waals surface area contributed by atoms with Crippen LogP contribution in [0.2, 0.25) is 0 Å². The molecule has 4 aliphatic rings. The number of aliphatic carboxylic acids is 1. The molecule has 0 radical (unpaired) electrons. The molecule has 0 amide bonds. The number of likely N-dealkylation sites (tertiary alicyclic amines) is 1. The van der Waals surface area contributed by atoms with E-state index in [9.17, 15) is 14.7 Å². The number of carboxylic acid groups (broad SMARTS) is 1. The maximum absolute atomic E-state index is 12.7. The van der Waals surface area contributed by atoms with Gasteiger partial charge in [0, 0.05) is 24.4 Å². The zero-order valence-corrected chi connectivity index (χ0v) is 26.9. The Bertz CT molecular complexity index is 1120. The van der Waals surface area contributed by atoms with Gasteiger partial charge >= 0.3 is 5.97 Å². The van der Waals surface area contributed by atoms with Gasteiger partial charge in [-0.3, -0.25) is 9.59 Å². The van der Waals surface area contributed by atoms with Crippen LogP contribution >= 0.6 is 0 Å². The summed E-state index contributed by atoms with van der Waals surface area (Å²) in [6, 6.07) is 4.05. The van der Waals surface area contributed by atoms with E-state index in [1.165, 1.54) is 76.2 Å². The van der Waals surface area contributed by atoms with Crippen LogP contribution in [-0.4, -0.2) is 65.3 Å². The number of Topliss-reactive ketones (excluding diaryl/α,β-unsaturated/α-hetero) is 1. The molecule has 2 bridgehead atoms. The first kappa shape index (κ1) is 33.5. The number of aliphatic hydroxyl groups is 1. The minimum absolute atomic E-state index is 0.0438. The van der Waals surface area contributed by atoms with Crippen molar-refractivity contribution >= 4 is 11.8 Å². The molecule has 2 heterocycles. The van der Waals surface area contributed by atoms with Crippen LogP contribution in [0.25, 0.3) is 0 Å². The summed E-state index contributed by atoms with van der Waals surface area (Å²) in [7, 11) is 3.70. The molecule has 7 nitrogen and oxygen atoms in total. The Morgan fingerprint density at radius 3 is 2.33 bits per heavy atom. The van der Waals surface area contributed by atoms with Crippen molar-refractivity contribution in [2.24, 2.45) is 0 Å². The Labute approximate surface area is 259 Å². The van der Waals surface area contributed by atoms with E-state index in [-0.39, 0.29) is 11.8 Å². The first-order chi connectivity index (χ1) is 20.8. The number of benzene rings is 1. The monoisotopic (exact) mass is 597 g/mol. The smallest absolute Gasteiger partial charge is 0.303 e. The lowest BCUT2D eigenvalue weighted by Gasteiger charge is -2.62. The van der Waals surface area contributed by atoms with Gasteiger partial charge in [0.25, 0.3) is 0 Å². The summed E-state index contributed by atoms with van der Waals surface area (Å²) in [6.45, 7) is 3.13. The number of unbranched alkanes of at least 4 members (excludes halogenated alkanes) is 11. The highest BCUT2D eigenvalue weighted by molar-refractivity contribution is 5.90. The third kappa shape index (κ3) is 7.14. The van der Waals surface area contributed by atoms with Crippen LogP contribution in [0.1, 0.15) is 127 Å². The second-order valence-corrected chi connectivity index (χ2v) is 13.2. The number of ketones is 1. The highest BCUT2D eigenvalue weighted by Crippen LogP contribution is 2.64. The number of carbonyl (C=O) groups is 2. The summed E-state index contributed by atoms with van der Waals surface area (Å²) < 4.78 is 11.6. The van der Waals surface area contributed by atoms with Crippen molar-refractivity contribution in [2.45, 2.75) is 146 Å². The van der Waals surface area contributed by atoms with Crippen LogP contribution in [0, 0.1) is 0 Å². The second-order valence-electron chi connectivity index (χ2n) is 13.2. The highest BCUT2D eigenvalue weighted by atomic mass is 16.5. The fourth-order valence-electron chi connectivity index (χ4n) is 8.03. The Balaban J connectivity index is 0.000000200. The summed E-state index contributed by atoms with van der Waals surface area (Å²) in [4.78, 5) is 25.2. The van der Waals surface area contributed by atoms with Crippen molar-refractivity contribution in [1.82, 2.24) is 4.90 Å². The number of piperidine rings is 1. The van der Waals surface area contributed by atoms with Crippen LogP contribution in [0.4, 0.5) is 0 Å². The minimum Gasteiger partial charge on any atom is -0.493 e. The lowest BCUT2D eigenvalue weighted by molar-refractivity contribution is -0.185. The highest BCUT2D eigenvalue weighted by Gasteiger charge is 2.72. The Hall–Kier alpha value is -2.38. The van der Waals surface area contributed by atoms with Crippen molar-refractivity contribution in [3.63, 3.8) is 0 Å². The molecule has 1 aromatic rings. The van der Waals surface area contributed by atoms with Crippen molar-refractivity contribution in [2.75, 3.05) is 20.7 Å². The Morgan fingerprint density at radius 1 is 1.02 bits per heavy atom. The number of carbonyl (C=O) groups excluding carboxylic acids is 1. The zero-order chi connectivity index (χ0) is 30.9. The maximum atomic E-state index is 12.7. The molecule has 240 valence electrons. The first-order valence-electron chi connectivity index (χ1n) is 17.0. The van der Waals surface area contributed by atoms with Crippen LogP contribution < -0.4 is 9.47 Å². The number of likely N-dealkylation sites (N-methyl/N-ethyl adjacent to an activating group) is 1. The third-order valence-electron chi connectivity index (χ3n) is 10.4. The van der Waals surface area contributed by atoms with Gasteiger partial charge in [0.2, 0.25) is 0 Å². The largest absolute Gasteiger partial charge is 0.493 e. The summed E-state index contributed by atoms with van der Waals surface area (Å²) in [5.41, 5.74) is 0.737. The molecule has 2 aliphatic heterocycles. The number of nitrogens with zero attached hydrogens (tertiary/aromatic N) is 1. The average Bonchev–Trinajstić information content (AvgIpc) is 3.35. The molecule has 0 unspecified atom stereocenters. The normalized spacial score (nSPS) is 26.9. The maximum Gasteiger partial charge on any atom is 0.303 e. The molecule has 1 spiro atoms. The van der Waals surface area contributed by atoms with Gasteiger partial charge in [-0.2, -0.15) is 0 Å². The molecule has 5 rings (SSSR count). The van der Waals surface area contributed by atoms with Gasteiger partial charge in [0.15, 0.2) is 23.4 Å². The van der Waals surface area contributed by atoms with Crippen LogP contribution in [0.3, 0.4) is 0 Å². The standard InChI is InChI=1S/C18H21NO4.C18H34O2/c1-19-8-7-17-14-10-3-4-12(22-2)15(14)23-16(17)11(20)5-6-18(17,21)13(19)9-10;1-2-3-4-5-6-7-8-9-10-11-12-13-14-15-16-17-18(19)20/h3-4,13,16,21H,5-9H2,1-2H3;9-10H,2-8,11-17H2,1H3,(H,19,20)/b;10-9-/t13-,16+,17+,18-;/m1./s1. The number of allylic oxidation sites excluding steroid dienone is 2. The van der Waals surface area contributed by atoms with Crippen LogP contribution in [0.5, 0.6) is 11.5 Å². The summed E-state index contributed by atoms with van der Waals surface area (Å²) in [5.74, 6) is 0.804. The number of ether oxygens (including phenoxy) is 2. The summed E-state index contributed by atoms with van der Waals surface area (Å²) in [5, 5.41) is 20.3. The number of hydrogen-bond acceptors (Lipinski definition) is 6. The minimum atomic E-state index is -0.900. The second kappa shape index (κ2) is 15.6. The van der Waals surface area contributed by atoms with Crippen LogP contribution in [0.15, 0.2) is 24.3 Å². The van der Waals surface area contributed by atoms with Crippen LogP contribution in [-0.2, 0) is 21.4 Å². The molecule has 2 fully saturated rings. The van der Waals surface area contributed by atoms with Gasteiger partial charge in [-0.1, -0.05) is 76.5 Å². The van der Waals surface area contributed by atoms with E-state index < -0.39 is 23.1 Å². The van der Waals surface area contributed by atoms with E-state index in [2.05, 4.69) is 37.1 Å². The lowest BCUT2D eigenvalue weighted by Crippen LogP contribution is -2.76. The Kier molecular flexibility index (Phi) is 12.1. The molecular weight excluding hydrogens is 542 g/mol. The van der Waals surface area contributed by atoms with Gasteiger partial charge in [-0.15, -0.1) is 0 Å². The molecule has 7 heteroatoms. The average molecular weight is 598 g/mol. The number of carboxylic acids is 1. The number of rotatable bonds is 16. The fourth-order valence-corrected chi connectivity index (χ4v) is 8.03. The SMILES string of the molecule is CCCCCCCC/C=C\CCCCCCCC(=O)O.COc1ccc2c3c1O[C@H]1C(=O)CC[C@@]4(O)[C@@H](C2)N(C)CC[C@]314. The molecule has 4 atom stereocenters. The lowest BCUT2D eigenvalue weighted by atomic mass is 9.49. The molecule has 43 heavy (non-hydrogen) atoms. The predicted octanol–water partition coefficient (Wildman–Crippen LogP) is 7.16. The van der Waals surface area contributed by atoms with Crippen molar-refractivity contribution in [3.8, 4) is 11.5 Å². The molecule has 1 saturated heterocycles. The van der Waals surface area contributed by atoms with Gasteiger partial charge < -0.3 is 24.6 Å². The van der Waals surface area contributed by atoms with Gasteiger partial charge in [-0.05, 0) is 76.6 Å². The van der Waals surface area contributed by atoms with Gasteiger partial charge in [-0.25, -0.2) is 0 Å². The van der Waals surface area contributed by atoms with E-state index in [0.29, 0.717) is 30.8 Å². The molecule has 2 N–H and O–H groups in total. The van der Waals surface area contributed by atoms with Crippen molar-refractivity contribution in [3.05, 3.63) is 35.4 Å². The molecular formula is C36H55NO6. The van der Waals surface area contributed by atoms with E-state index in [1.54, 1.807) is 7.11 Å². The number of methoxy groups -OCH3 is 1. The molecule has 1 saturated carbocycles. The van der Waals surface area contributed by atoms with Crippen molar-refractivity contribution < 1.29 is 29.3 Å². The predicted molar refractivity (Wildman–Crippen MR) is 170 cm³/mol.